The van der Waals surface area contributed by atoms with Crippen molar-refractivity contribution in [3.8, 4) is 0 Å². The van der Waals surface area contributed by atoms with Gasteiger partial charge in [0, 0.05) is 0 Å². The lowest BCUT2D eigenvalue weighted by molar-refractivity contribution is -0.324. The summed E-state index contributed by atoms with van der Waals surface area (Å²) in [5.41, 5.74) is 0. The maximum Gasteiger partial charge on any atom is 0.294 e. The quantitative estimate of drug-likeness (QED) is 0.528. The normalized spacial score (nSPS) is 44.7. The highest BCUT2D eigenvalue weighted by atomic mass is 35.5. The molecule has 0 aromatic rings. The van der Waals surface area contributed by atoms with Gasteiger partial charge in [0.05, 0.1) is 11.8 Å². The van der Waals surface area contributed by atoms with Crippen LogP contribution in [0.15, 0.2) is 0 Å². The first-order valence-corrected chi connectivity index (χ1v) is 4.36. The second-order valence-corrected chi connectivity index (χ2v) is 3.44. The summed E-state index contributed by atoms with van der Waals surface area (Å²) < 4.78 is 5.09. The summed E-state index contributed by atoms with van der Waals surface area (Å²) in [4.78, 5) is 9.35. The first-order valence-electron chi connectivity index (χ1n) is 2.91. The standard InChI is InChI=1S/C5H7Cl3O3/c1-4(2-6)9-5(8,3-7)11-10-4/h2-3H2,1H3/t4-,5+/m0/s1. The van der Waals surface area contributed by atoms with Gasteiger partial charge in [-0.2, -0.15) is 9.78 Å². The molecule has 1 aliphatic heterocycles. The minimum atomic E-state index is -1.40. The molecule has 0 aromatic heterocycles. The molecule has 1 aliphatic rings. The fourth-order valence-corrected chi connectivity index (χ4v) is 0.999. The molecule has 0 aliphatic carbocycles. The van der Waals surface area contributed by atoms with Crippen molar-refractivity contribution in [3.05, 3.63) is 0 Å². The number of halogens is 3. The van der Waals surface area contributed by atoms with E-state index in [1.165, 1.54) is 0 Å². The zero-order valence-corrected chi connectivity index (χ0v) is 8.04. The maximum atomic E-state index is 5.66. The second-order valence-electron chi connectivity index (χ2n) is 2.33. The highest BCUT2D eigenvalue weighted by molar-refractivity contribution is 6.29. The predicted molar refractivity (Wildman–Crippen MR) is 41.7 cm³/mol. The highest BCUT2D eigenvalue weighted by Gasteiger charge is 2.48. The molecule has 2 atom stereocenters. The molecule has 0 aromatic carbocycles. The van der Waals surface area contributed by atoms with Gasteiger partial charge in [0.1, 0.15) is 0 Å². The van der Waals surface area contributed by atoms with Crippen LogP contribution in [-0.2, 0) is 14.5 Å². The molecule has 11 heavy (non-hydrogen) atoms. The Labute approximate surface area is 79.4 Å². The molecule has 1 heterocycles. The molecule has 0 unspecified atom stereocenters. The Morgan fingerprint density at radius 2 is 1.82 bits per heavy atom. The summed E-state index contributed by atoms with van der Waals surface area (Å²) in [6, 6.07) is 0. The molecule has 0 saturated carbocycles. The van der Waals surface area contributed by atoms with E-state index in [4.69, 9.17) is 44.4 Å². The molecule has 1 rings (SSSR count). The van der Waals surface area contributed by atoms with E-state index in [9.17, 15) is 0 Å². The first-order chi connectivity index (χ1) is 5.04. The Hall–Kier alpha value is 0.750. The molecule has 6 heteroatoms. The minimum Gasteiger partial charge on any atom is -0.298 e. The summed E-state index contributed by atoms with van der Waals surface area (Å²) in [5.74, 6) is -0.905. The zero-order chi connectivity index (χ0) is 8.54. The highest BCUT2D eigenvalue weighted by Crippen LogP contribution is 2.36. The Bertz CT molecular complexity index is 140. The van der Waals surface area contributed by atoms with Crippen molar-refractivity contribution in [2.45, 2.75) is 18.0 Å². The van der Waals surface area contributed by atoms with Crippen molar-refractivity contribution < 1.29 is 14.5 Å². The van der Waals surface area contributed by atoms with Gasteiger partial charge in [-0.1, -0.05) is 11.6 Å². The zero-order valence-electron chi connectivity index (χ0n) is 5.77. The molecule has 66 valence electrons. The maximum absolute atomic E-state index is 5.66. The number of hydrogen-bond donors (Lipinski definition) is 0. The van der Waals surface area contributed by atoms with Crippen LogP contribution in [0.3, 0.4) is 0 Å². The van der Waals surface area contributed by atoms with Crippen molar-refractivity contribution in [1.29, 1.82) is 0 Å². The molecule has 1 fully saturated rings. The Morgan fingerprint density at radius 3 is 2.09 bits per heavy atom. The van der Waals surface area contributed by atoms with Crippen LogP contribution in [0, 0.1) is 0 Å². The summed E-state index contributed by atoms with van der Waals surface area (Å²) in [6.45, 7) is 1.61. The van der Waals surface area contributed by atoms with Crippen LogP contribution in [0.2, 0.25) is 0 Å². The van der Waals surface area contributed by atoms with Crippen molar-refractivity contribution in [2.75, 3.05) is 11.8 Å². The lowest BCUT2D eigenvalue weighted by Gasteiger charge is -2.17. The van der Waals surface area contributed by atoms with Crippen LogP contribution < -0.4 is 0 Å². The van der Waals surface area contributed by atoms with E-state index in [0.29, 0.717) is 0 Å². The number of rotatable bonds is 2. The van der Waals surface area contributed by atoms with E-state index in [1.807, 2.05) is 0 Å². The third kappa shape index (κ3) is 2.11. The second kappa shape index (κ2) is 3.24. The minimum absolute atomic E-state index is 0.0268. The van der Waals surface area contributed by atoms with E-state index in [1.54, 1.807) is 6.92 Å². The predicted octanol–water partition coefficient (Wildman–Crippen LogP) is 2.05. The third-order valence-corrected chi connectivity index (χ3v) is 2.36. The van der Waals surface area contributed by atoms with Crippen molar-refractivity contribution in [3.63, 3.8) is 0 Å². The van der Waals surface area contributed by atoms with Crippen LogP contribution in [-0.4, -0.2) is 22.8 Å². The molecule has 0 radical (unpaired) electrons. The summed E-state index contributed by atoms with van der Waals surface area (Å²) in [7, 11) is 0. The smallest absolute Gasteiger partial charge is 0.294 e. The van der Waals surface area contributed by atoms with Crippen LogP contribution in [0.1, 0.15) is 6.92 Å². The Balaban J connectivity index is 2.58. The lowest BCUT2D eigenvalue weighted by Crippen LogP contribution is -2.33. The monoisotopic (exact) mass is 220 g/mol. The van der Waals surface area contributed by atoms with E-state index in [2.05, 4.69) is 4.89 Å². The van der Waals surface area contributed by atoms with Crippen molar-refractivity contribution >= 4 is 34.8 Å². The molecule has 0 N–H and O–H groups in total. The molecule has 0 amide bonds. The fourth-order valence-electron chi connectivity index (χ4n) is 0.606. The van der Waals surface area contributed by atoms with Crippen molar-refractivity contribution in [1.82, 2.24) is 0 Å². The molecule has 1 saturated heterocycles. The van der Waals surface area contributed by atoms with Gasteiger partial charge in [0.15, 0.2) is 0 Å². The summed E-state index contributed by atoms with van der Waals surface area (Å²) in [6.07, 6.45) is 0. The van der Waals surface area contributed by atoms with E-state index in [-0.39, 0.29) is 11.8 Å². The third-order valence-electron chi connectivity index (χ3n) is 1.11. The average Bonchev–Trinajstić information content (AvgIpc) is 2.30. The number of ether oxygens (including phenoxy) is 1. The SMILES string of the molecule is C[C@@]1(CCl)OO[C@@](Cl)(CCl)O1. The van der Waals surface area contributed by atoms with Gasteiger partial charge >= 0.3 is 0 Å². The largest absolute Gasteiger partial charge is 0.298 e. The fraction of sp³-hybridized carbons (Fsp3) is 1.00. The van der Waals surface area contributed by atoms with Gasteiger partial charge in [-0.25, -0.2) is 0 Å². The summed E-state index contributed by atoms with van der Waals surface area (Å²) >= 11 is 16.6. The van der Waals surface area contributed by atoms with E-state index >= 15 is 0 Å². The first kappa shape index (κ1) is 9.84. The number of hydrogen-bond acceptors (Lipinski definition) is 3. The van der Waals surface area contributed by atoms with Crippen LogP contribution >= 0.6 is 34.8 Å². The molecule has 3 nitrogen and oxygen atoms in total. The van der Waals surface area contributed by atoms with Crippen LogP contribution in [0.4, 0.5) is 0 Å². The van der Waals surface area contributed by atoms with Gasteiger partial charge in [-0.3, -0.25) is 4.74 Å². The Kier molecular flexibility index (Phi) is 2.90. The van der Waals surface area contributed by atoms with Gasteiger partial charge in [-0.15, -0.1) is 23.2 Å². The van der Waals surface area contributed by atoms with Crippen LogP contribution in [0.5, 0.6) is 0 Å². The average molecular weight is 221 g/mol. The topological polar surface area (TPSA) is 27.7 Å². The molecular weight excluding hydrogens is 214 g/mol. The summed E-state index contributed by atoms with van der Waals surface area (Å²) in [5, 5.41) is -1.40. The molecule has 0 spiro atoms. The van der Waals surface area contributed by atoms with Gasteiger partial charge in [0.2, 0.25) is 5.79 Å². The van der Waals surface area contributed by atoms with Gasteiger partial charge in [-0.05, 0) is 6.92 Å². The van der Waals surface area contributed by atoms with E-state index in [0.717, 1.165) is 0 Å². The Morgan fingerprint density at radius 1 is 1.18 bits per heavy atom. The van der Waals surface area contributed by atoms with Gasteiger partial charge in [0.25, 0.3) is 5.25 Å². The van der Waals surface area contributed by atoms with Crippen LogP contribution in [0.25, 0.3) is 0 Å². The van der Waals surface area contributed by atoms with E-state index < -0.39 is 11.0 Å². The van der Waals surface area contributed by atoms with Crippen molar-refractivity contribution in [2.24, 2.45) is 0 Å². The molecular formula is C5H7Cl3O3. The lowest BCUT2D eigenvalue weighted by atomic mass is 10.4. The molecule has 0 bridgehead atoms. The number of alkyl halides is 3. The van der Waals surface area contributed by atoms with Gasteiger partial charge < -0.3 is 0 Å².